The van der Waals surface area contributed by atoms with Crippen molar-refractivity contribution in [1.29, 1.82) is 0 Å². The third-order valence-corrected chi connectivity index (χ3v) is 6.58. The maximum atomic E-state index is 12.5. The van der Waals surface area contributed by atoms with Crippen LogP contribution in [-0.2, 0) is 4.79 Å². The second-order valence-electron chi connectivity index (χ2n) is 8.52. The predicted octanol–water partition coefficient (Wildman–Crippen LogP) is 3.76. The fraction of sp³-hybridized carbons (Fsp3) is 0.400. The number of imidazole rings is 1. The van der Waals surface area contributed by atoms with Gasteiger partial charge >= 0.3 is 6.09 Å². The lowest BCUT2D eigenvalue weighted by molar-refractivity contribution is -0.131. The Morgan fingerprint density at radius 3 is 2.53 bits per heavy atom. The molecule has 0 unspecified atom stereocenters. The average molecular weight is 516 g/mol. The largest absolute Gasteiger partial charge is 0.496 e. The topological polar surface area (TPSA) is 109 Å². The summed E-state index contributed by atoms with van der Waals surface area (Å²) in [5.41, 5.74) is 3.36. The molecule has 1 saturated heterocycles. The Labute approximate surface area is 214 Å². The van der Waals surface area contributed by atoms with Gasteiger partial charge in [-0.1, -0.05) is 11.6 Å². The Balaban J connectivity index is 1.39. The number of benzene rings is 1. The highest BCUT2D eigenvalue weighted by atomic mass is 35.5. The number of nitrogens with one attached hydrogen (secondary N) is 1. The summed E-state index contributed by atoms with van der Waals surface area (Å²) in [5.74, 6) is 1.28. The van der Waals surface area contributed by atoms with Crippen LogP contribution in [-0.4, -0.2) is 78.3 Å². The molecule has 1 fully saturated rings. The number of rotatable bonds is 9. The number of ether oxygens (including phenoxy) is 2. The van der Waals surface area contributed by atoms with Gasteiger partial charge < -0.3 is 34.1 Å². The maximum absolute atomic E-state index is 12.5. The third kappa shape index (κ3) is 5.76. The number of piperazine rings is 1. The number of methoxy groups -OCH3 is 2. The van der Waals surface area contributed by atoms with E-state index in [9.17, 15) is 9.59 Å². The zero-order valence-electron chi connectivity index (χ0n) is 20.4. The van der Waals surface area contributed by atoms with Gasteiger partial charge in [-0.05, 0) is 25.0 Å². The van der Waals surface area contributed by atoms with E-state index in [1.54, 1.807) is 26.4 Å². The van der Waals surface area contributed by atoms with Gasteiger partial charge in [-0.25, -0.2) is 9.78 Å². The van der Waals surface area contributed by atoms with E-state index in [0.717, 1.165) is 35.7 Å². The number of pyridine rings is 1. The number of halogens is 1. The van der Waals surface area contributed by atoms with Gasteiger partial charge in [-0.15, -0.1) is 0 Å². The predicted molar refractivity (Wildman–Crippen MR) is 137 cm³/mol. The van der Waals surface area contributed by atoms with E-state index < -0.39 is 6.09 Å². The highest BCUT2D eigenvalue weighted by molar-refractivity contribution is 6.32. The molecular formula is C25H30ClN5O5. The summed E-state index contributed by atoms with van der Waals surface area (Å²) >= 11 is 6.35. The van der Waals surface area contributed by atoms with Crippen LogP contribution in [0.4, 0.5) is 10.5 Å². The van der Waals surface area contributed by atoms with Crippen LogP contribution in [0.15, 0.2) is 36.7 Å². The van der Waals surface area contributed by atoms with Gasteiger partial charge in [0.15, 0.2) is 0 Å². The molecule has 3 aromatic rings. The summed E-state index contributed by atoms with van der Waals surface area (Å²) in [5, 5.41) is 11.4. The smallest absolute Gasteiger partial charge is 0.404 e. The number of carbonyl (C=O) groups is 2. The van der Waals surface area contributed by atoms with Crippen molar-refractivity contribution < 1.29 is 24.2 Å². The Morgan fingerprint density at radius 2 is 1.83 bits per heavy atom. The molecule has 192 valence electrons. The van der Waals surface area contributed by atoms with Gasteiger partial charge in [-0.3, -0.25) is 4.79 Å². The van der Waals surface area contributed by atoms with E-state index in [1.807, 2.05) is 33.8 Å². The van der Waals surface area contributed by atoms with Crippen molar-refractivity contribution in [2.75, 3.05) is 51.8 Å². The zero-order chi connectivity index (χ0) is 25.7. The van der Waals surface area contributed by atoms with Gasteiger partial charge in [0.05, 0.1) is 24.9 Å². The number of fused-ring (bicyclic) bond motifs is 1. The van der Waals surface area contributed by atoms with E-state index in [1.165, 1.54) is 0 Å². The number of hydrogen-bond donors (Lipinski definition) is 2. The lowest BCUT2D eigenvalue weighted by Crippen LogP contribution is -2.48. The summed E-state index contributed by atoms with van der Waals surface area (Å²) in [7, 11) is 3.16. The van der Waals surface area contributed by atoms with Crippen LogP contribution < -0.4 is 19.7 Å². The summed E-state index contributed by atoms with van der Waals surface area (Å²) in [6.45, 7) is 3.14. The Morgan fingerprint density at radius 1 is 1.08 bits per heavy atom. The monoisotopic (exact) mass is 515 g/mol. The second kappa shape index (κ2) is 11.4. The van der Waals surface area contributed by atoms with Gasteiger partial charge in [0.2, 0.25) is 5.91 Å². The first-order valence-corrected chi connectivity index (χ1v) is 12.2. The van der Waals surface area contributed by atoms with Crippen LogP contribution in [0, 0.1) is 0 Å². The number of hydrogen-bond acceptors (Lipinski definition) is 6. The highest BCUT2D eigenvalue weighted by Crippen LogP contribution is 2.38. The molecule has 3 heterocycles. The van der Waals surface area contributed by atoms with E-state index in [2.05, 4.69) is 10.2 Å². The van der Waals surface area contributed by atoms with Crippen molar-refractivity contribution in [1.82, 2.24) is 19.6 Å². The van der Waals surface area contributed by atoms with E-state index in [4.69, 9.17) is 31.2 Å². The van der Waals surface area contributed by atoms with Crippen molar-refractivity contribution in [3.63, 3.8) is 0 Å². The Kier molecular flexibility index (Phi) is 8.04. The number of anilines is 1. The minimum Gasteiger partial charge on any atom is -0.496 e. The molecule has 2 N–H and O–H groups in total. The van der Waals surface area contributed by atoms with Crippen LogP contribution >= 0.6 is 11.6 Å². The van der Waals surface area contributed by atoms with Crippen LogP contribution in [0.5, 0.6) is 11.5 Å². The quantitative estimate of drug-likeness (QED) is 0.418. The number of amides is 2. The van der Waals surface area contributed by atoms with Gasteiger partial charge in [0.25, 0.3) is 0 Å². The molecule has 10 nitrogen and oxygen atoms in total. The number of unbranched alkanes of at least 4 members (excludes halogenated alkanes) is 1. The van der Waals surface area contributed by atoms with E-state index in [0.29, 0.717) is 55.4 Å². The molecule has 0 spiro atoms. The summed E-state index contributed by atoms with van der Waals surface area (Å²) < 4.78 is 12.8. The van der Waals surface area contributed by atoms with Gasteiger partial charge in [-0.2, -0.15) is 0 Å². The Hall–Kier alpha value is -3.66. The number of nitrogens with zero attached hydrogens (tertiary/aromatic N) is 4. The fourth-order valence-corrected chi connectivity index (χ4v) is 4.57. The van der Waals surface area contributed by atoms with Crippen molar-refractivity contribution in [2.45, 2.75) is 19.3 Å². The molecule has 11 heteroatoms. The first kappa shape index (κ1) is 25.4. The molecular weight excluding hydrogens is 486 g/mol. The summed E-state index contributed by atoms with van der Waals surface area (Å²) in [6.07, 6.45) is 4.63. The number of carboxylic acid groups (broad SMARTS) is 1. The molecule has 4 rings (SSSR count). The van der Waals surface area contributed by atoms with E-state index in [-0.39, 0.29) is 5.91 Å². The lowest BCUT2D eigenvalue weighted by Gasteiger charge is -2.36. The standard InChI is InChI=1S/C25H30ClN5O5/c1-35-21-15-22(36-2)19(26)14-18(21)20-16-31-8-6-17(13-23(31)28-20)29-9-11-30(12-10-29)24(32)5-3-4-7-27-25(33)34/h6,8,13-16,27H,3-5,7,9-12H2,1-2H3,(H,33,34). The van der Waals surface area contributed by atoms with Crippen LogP contribution in [0.1, 0.15) is 19.3 Å². The second-order valence-corrected chi connectivity index (χ2v) is 8.93. The SMILES string of the molecule is COc1cc(OC)c(-c2cn3ccc(N4CCN(C(=O)CCCCNC(=O)O)CC4)cc3n2)cc1Cl. The third-order valence-electron chi connectivity index (χ3n) is 6.28. The van der Waals surface area contributed by atoms with Crippen molar-refractivity contribution in [2.24, 2.45) is 0 Å². The Bertz CT molecular complexity index is 1240. The molecule has 0 atom stereocenters. The molecule has 2 aromatic heterocycles. The highest BCUT2D eigenvalue weighted by Gasteiger charge is 2.22. The lowest BCUT2D eigenvalue weighted by atomic mass is 10.1. The van der Waals surface area contributed by atoms with E-state index >= 15 is 0 Å². The van der Waals surface area contributed by atoms with Crippen molar-refractivity contribution >= 4 is 34.9 Å². The molecule has 2 amide bonds. The summed E-state index contributed by atoms with van der Waals surface area (Å²) in [4.78, 5) is 31.9. The molecule has 1 aliphatic rings. The van der Waals surface area contributed by atoms with Gasteiger partial charge in [0.1, 0.15) is 17.1 Å². The molecule has 0 saturated carbocycles. The minimum atomic E-state index is -1.04. The molecule has 1 aromatic carbocycles. The van der Waals surface area contributed by atoms with Crippen LogP contribution in [0.25, 0.3) is 16.9 Å². The number of carbonyl (C=O) groups excluding carboxylic acids is 1. The van der Waals surface area contributed by atoms with Gasteiger partial charge in [0, 0.05) is 74.9 Å². The zero-order valence-corrected chi connectivity index (χ0v) is 21.1. The molecule has 0 radical (unpaired) electrons. The molecule has 1 aliphatic heterocycles. The molecule has 0 aliphatic carbocycles. The fourth-order valence-electron chi connectivity index (χ4n) is 4.33. The average Bonchev–Trinajstić information content (AvgIpc) is 3.31. The summed E-state index contributed by atoms with van der Waals surface area (Å²) in [6, 6.07) is 7.62. The number of aromatic nitrogens is 2. The van der Waals surface area contributed by atoms with Crippen LogP contribution in [0.2, 0.25) is 5.02 Å². The maximum Gasteiger partial charge on any atom is 0.404 e. The molecule has 0 bridgehead atoms. The first-order chi connectivity index (χ1) is 17.4. The minimum absolute atomic E-state index is 0.116. The normalized spacial score (nSPS) is 13.6. The van der Waals surface area contributed by atoms with Crippen molar-refractivity contribution in [3.8, 4) is 22.8 Å². The van der Waals surface area contributed by atoms with Crippen molar-refractivity contribution in [3.05, 3.63) is 41.7 Å². The first-order valence-electron chi connectivity index (χ1n) is 11.8. The molecule has 36 heavy (non-hydrogen) atoms. The van der Waals surface area contributed by atoms with Crippen LogP contribution in [0.3, 0.4) is 0 Å².